The lowest BCUT2D eigenvalue weighted by Crippen LogP contribution is -2.03. The van der Waals surface area contributed by atoms with Gasteiger partial charge in [0.2, 0.25) is 4.73 Å². The van der Waals surface area contributed by atoms with Crippen molar-refractivity contribution >= 4 is 31.9 Å². The fourth-order valence-electron chi connectivity index (χ4n) is 1.35. The molecule has 0 spiro atoms. The Kier molecular flexibility index (Phi) is 3.21. The summed E-state index contributed by atoms with van der Waals surface area (Å²) >= 11 is 6.60. The van der Waals surface area contributed by atoms with Crippen LogP contribution in [0, 0.1) is 6.92 Å². The van der Waals surface area contributed by atoms with E-state index in [0.29, 0.717) is 4.73 Å². The summed E-state index contributed by atoms with van der Waals surface area (Å²) in [4.78, 5) is 4.12. The lowest BCUT2D eigenvalue weighted by molar-refractivity contribution is 0.662. The van der Waals surface area contributed by atoms with E-state index in [-0.39, 0.29) is 0 Å². The van der Waals surface area contributed by atoms with Crippen LogP contribution in [0.4, 0.5) is 0 Å². The van der Waals surface area contributed by atoms with E-state index in [1.54, 1.807) is 0 Å². The zero-order valence-corrected chi connectivity index (χ0v) is 11.3. The number of benzene rings is 1. The Morgan fingerprint density at radius 3 is 2.60 bits per heavy atom. The maximum absolute atomic E-state index is 4.22. The Bertz CT molecular complexity index is 479. The quantitative estimate of drug-likeness (QED) is 0.846. The van der Waals surface area contributed by atoms with Crippen molar-refractivity contribution in [2.24, 2.45) is 0 Å². The van der Waals surface area contributed by atoms with Crippen molar-refractivity contribution in [3.63, 3.8) is 0 Å². The van der Waals surface area contributed by atoms with Crippen LogP contribution in [0.2, 0.25) is 0 Å². The molecule has 2 aromatic rings. The third kappa shape index (κ3) is 2.46. The van der Waals surface area contributed by atoms with Gasteiger partial charge in [-0.3, -0.25) is 0 Å². The number of nitrogens with zero attached hydrogens (tertiary/aromatic N) is 3. The molecule has 3 nitrogen and oxygen atoms in total. The van der Waals surface area contributed by atoms with Crippen molar-refractivity contribution in [3.05, 3.63) is 44.9 Å². The summed E-state index contributed by atoms with van der Waals surface area (Å²) in [5.74, 6) is 0. The Morgan fingerprint density at radius 1 is 1.27 bits per heavy atom. The molecule has 0 saturated carbocycles. The first-order valence-corrected chi connectivity index (χ1v) is 6.06. The Hall–Kier alpha value is -0.680. The van der Waals surface area contributed by atoms with Crippen LogP contribution >= 0.6 is 31.9 Å². The first-order valence-electron chi connectivity index (χ1n) is 4.47. The summed E-state index contributed by atoms with van der Waals surface area (Å²) in [7, 11) is 0. The Balaban J connectivity index is 2.29. The second-order valence-electron chi connectivity index (χ2n) is 3.23. The van der Waals surface area contributed by atoms with E-state index < -0.39 is 0 Å². The van der Waals surface area contributed by atoms with Crippen molar-refractivity contribution in [1.29, 1.82) is 0 Å². The molecule has 78 valence electrons. The third-order valence-corrected chi connectivity index (χ3v) is 3.10. The monoisotopic (exact) mass is 329 g/mol. The molecule has 0 aliphatic rings. The number of aryl methyl sites for hydroxylation is 1. The van der Waals surface area contributed by atoms with Crippen LogP contribution in [-0.4, -0.2) is 14.8 Å². The van der Waals surface area contributed by atoms with E-state index in [9.17, 15) is 0 Å². The molecular formula is C10H9Br2N3. The molecule has 0 bridgehead atoms. The number of halogens is 2. The normalized spacial score (nSPS) is 10.6. The summed E-state index contributed by atoms with van der Waals surface area (Å²) < 4.78 is 3.15. The average Bonchev–Trinajstić information content (AvgIpc) is 2.49. The summed E-state index contributed by atoms with van der Waals surface area (Å²) in [6.45, 7) is 2.82. The molecule has 0 aliphatic heterocycles. The molecule has 0 atom stereocenters. The van der Waals surface area contributed by atoms with Crippen molar-refractivity contribution in [2.75, 3.05) is 0 Å². The van der Waals surface area contributed by atoms with Crippen LogP contribution in [0.3, 0.4) is 0 Å². The zero-order valence-electron chi connectivity index (χ0n) is 8.11. The maximum Gasteiger partial charge on any atom is 0.218 e. The van der Waals surface area contributed by atoms with E-state index in [2.05, 4.69) is 61.0 Å². The van der Waals surface area contributed by atoms with Gasteiger partial charge in [0.15, 0.2) is 4.73 Å². The molecule has 0 radical (unpaired) electrons. The van der Waals surface area contributed by atoms with Crippen LogP contribution in [0.15, 0.2) is 33.7 Å². The number of hydrogen-bond donors (Lipinski definition) is 0. The lowest BCUT2D eigenvalue weighted by Gasteiger charge is -2.05. The lowest BCUT2D eigenvalue weighted by atomic mass is 10.1. The summed E-state index contributed by atoms with van der Waals surface area (Å²) in [6, 6.07) is 8.25. The van der Waals surface area contributed by atoms with Crippen LogP contribution < -0.4 is 0 Å². The molecule has 0 saturated heterocycles. The van der Waals surface area contributed by atoms with Gasteiger partial charge < -0.3 is 0 Å². The highest BCUT2D eigenvalue weighted by Gasteiger charge is 2.06. The molecule has 0 N–H and O–H groups in total. The maximum atomic E-state index is 4.22. The molecule has 0 aliphatic carbocycles. The van der Waals surface area contributed by atoms with Crippen LogP contribution in [0.5, 0.6) is 0 Å². The molecule has 1 aromatic carbocycles. The number of rotatable bonds is 2. The average molecular weight is 331 g/mol. The molecular weight excluding hydrogens is 322 g/mol. The van der Waals surface area contributed by atoms with Crippen LogP contribution in [0.25, 0.3) is 0 Å². The van der Waals surface area contributed by atoms with Gasteiger partial charge in [0.05, 0.1) is 6.54 Å². The van der Waals surface area contributed by atoms with Gasteiger partial charge in [0.1, 0.15) is 0 Å². The van der Waals surface area contributed by atoms with Crippen LogP contribution in [0.1, 0.15) is 11.1 Å². The van der Waals surface area contributed by atoms with Gasteiger partial charge >= 0.3 is 0 Å². The van der Waals surface area contributed by atoms with Crippen LogP contribution in [-0.2, 0) is 6.54 Å². The molecule has 0 fully saturated rings. The minimum Gasteiger partial charge on any atom is -0.235 e. The smallest absolute Gasteiger partial charge is 0.218 e. The molecule has 0 amide bonds. The highest BCUT2D eigenvalue weighted by molar-refractivity contribution is 9.11. The molecule has 15 heavy (non-hydrogen) atoms. The number of aromatic nitrogens is 3. The summed E-state index contributed by atoms with van der Waals surface area (Å²) in [6.07, 6.45) is 0. The Labute approximate surface area is 105 Å². The largest absolute Gasteiger partial charge is 0.235 e. The van der Waals surface area contributed by atoms with E-state index in [4.69, 9.17) is 0 Å². The zero-order chi connectivity index (χ0) is 10.8. The van der Waals surface area contributed by atoms with Crippen molar-refractivity contribution in [3.8, 4) is 0 Å². The summed E-state index contributed by atoms with van der Waals surface area (Å²) in [5, 5.41) is 4.22. The van der Waals surface area contributed by atoms with Gasteiger partial charge in [-0.15, -0.1) is 5.10 Å². The van der Waals surface area contributed by atoms with Gasteiger partial charge in [-0.2, -0.15) is 4.98 Å². The van der Waals surface area contributed by atoms with E-state index in [1.165, 1.54) is 11.1 Å². The third-order valence-electron chi connectivity index (χ3n) is 2.18. The highest BCUT2D eigenvalue weighted by atomic mass is 79.9. The minimum atomic E-state index is 0.600. The topological polar surface area (TPSA) is 30.7 Å². The molecule has 5 heteroatoms. The predicted molar refractivity (Wildman–Crippen MR) is 65.7 cm³/mol. The Morgan fingerprint density at radius 2 is 2.00 bits per heavy atom. The minimum absolute atomic E-state index is 0.600. The predicted octanol–water partition coefficient (Wildman–Crippen LogP) is 3.16. The van der Waals surface area contributed by atoms with Crippen molar-refractivity contribution in [1.82, 2.24) is 14.8 Å². The first-order chi connectivity index (χ1) is 7.16. The highest BCUT2D eigenvalue weighted by Crippen LogP contribution is 2.15. The second-order valence-corrected chi connectivity index (χ2v) is 4.65. The van der Waals surface area contributed by atoms with Crippen molar-refractivity contribution in [2.45, 2.75) is 13.5 Å². The molecule has 2 rings (SSSR count). The molecule has 0 unspecified atom stereocenters. The fourth-order valence-corrected chi connectivity index (χ4v) is 2.32. The van der Waals surface area contributed by atoms with E-state index in [0.717, 1.165) is 11.3 Å². The van der Waals surface area contributed by atoms with Gasteiger partial charge in [-0.1, -0.05) is 24.3 Å². The van der Waals surface area contributed by atoms with Gasteiger partial charge in [0.25, 0.3) is 0 Å². The molecule has 1 heterocycles. The first kappa shape index (κ1) is 10.8. The van der Waals surface area contributed by atoms with E-state index in [1.807, 2.05) is 16.8 Å². The second kappa shape index (κ2) is 4.45. The van der Waals surface area contributed by atoms with Gasteiger partial charge in [0, 0.05) is 0 Å². The van der Waals surface area contributed by atoms with E-state index >= 15 is 0 Å². The van der Waals surface area contributed by atoms with Crippen molar-refractivity contribution < 1.29 is 0 Å². The van der Waals surface area contributed by atoms with Gasteiger partial charge in [-0.25, -0.2) is 4.68 Å². The van der Waals surface area contributed by atoms with Gasteiger partial charge in [-0.05, 0) is 49.9 Å². The number of hydrogen-bond acceptors (Lipinski definition) is 2. The fraction of sp³-hybridized carbons (Fsp3) is 0.200. The SMILES string of the molecule is Cc1ccccc1Cn1nc(Br)nc1Br. The molecule has 1 aromatic heterocycles. The standard InChI is InChI=1S/C10H9Br2N3/c1-7-4-2-3-5-8(7)6-15-10(12)13-9(11)14-15/h2-5H,6H2,1H3. The summed E-state index contributed by atoms with van der Waals surface area (Å²) in [5.41, 5.74) is 2.51.